The summed E-state index contributed by atoms with van der Waals surface area (Å²) in [6, 6.07) is 2.42. The van der Waals surface area contributed by atoms with E-state index < -0.39 is 0 Å². The number of morpholine rings is 1. The van der Waals surface area contributed by atoms with E-state index >= 15 is 0 Å². The molecule has 74 valence electrons. The standard InChI is InChI=1S/C10H18N2O/c1-3-9(7-11)12-5-6-13-10(4-2)8-12/h9-10H,3-6,8H2,1-2H3. The van der Waals surface area contributed by atoms with Crippen molar-refractivity contribution in [2.45, 2.75) is 38.8 Å². The van der Waals surface area contributed by atoms with Gasteiger partial charge in [0.25, 0.3) is 0 Å². The minimum absolute atomic E-state index is 0.0814. The summed E-state index contributed by atoms with van der Waals surface area (Å²) in [7, 11) is 0. The highest BCUT2D eigenvalue weighted by atomic mass is 16.5. The van der Waals surface area contributed by atoms with Gasteiger partial charge in [-0.1, -0.05) is 13.8 Å². The summed E-state index contributed by atoms with van der Waals surface area (Å²) in [5.74, 6) is 0. The lowest BCUT2D eigenvalue weighted by atomic mass is 10.1. The van der Waals surface area contributed by atoms with Gasteiger partial charge in [0.15, 0.2) is 0 Å². The Kier molecular flexibility index (Phi) is 4.20. The molecule has 2 unspecified atom stereocenters. The molecule has 0 spiro atoms. The molecule has 2 atom stereocenters. The largest absolute Gasteiger partial charge is 0.376 e. The highest BCUT2D eigenvalue weighted by molar-refractivity contribution is 4.92. The van der Waals surface area contributed by atoms with Crippen molar-refractivity contribution in [3.05, 3.63) is 0 Å². The van der Waals surface area contributed by atoms with Gasteiger partial charge in [-0.25, -0.2) is 0 Å². The Morgan fingerprint density at radius 1 is 1.62 bits per heavy atom. The lowest BCUT2D eigenvalue weighted by Crippen LogP contribution is -2.46. The van der Waals surface area contributed by atoms with Gasteiger partial charge in [-0.2, -0.15) is 5.26 Å². The molecule has 0 aromatic rings. The van der Waals surface area contributed by atoms with Crippen LogP contribution in [0.25, 0.3) is 0 Å². The van der Waals surface area contributed by atoms with Gasteiger partial charge in [-0.3, -0.25) is 4.90 Å². The van der Waals surface area contributed by atoms with Crippen molar-refractivity contribution < 1.29 is 4.74 Å². The predicted octanol–water partition coefficient (Wildman–Crippen LogP) is 1.40. The van der Waals surface area contributed by atoms with E-state index in [1.165, 1.54) is 0 Å². The lowest BCUT2D eigenvalue weighted by Gasteiger charge is -2.34. The molecule has 0 aromatic heterocycles. The third-order valence-corrected chi connectivity index (χ3v) is 2.60. The maximum atomic E-state index is 8.90. The third kappa shape index (κ3) is 2.68. The average molecular weight is 182 g/mol. The van der Waals surface area contributed by atoms with Crippen LogP contribution in [-0.2, 0) is 4.74 Å². The van der Waals surface area contributed by atoms with Crippen molar-refractivity contribution in [3.63, 3.8) is 0 Å². The van der Waals surface area contributed by atoms with Crippen LogP contribution >= 0.6 is 0 Å². The topological polar surface area (TPSA) is 36.3 Å². The summed E-state index contributed by atoms with van der Waals surface area (Å²) >= 11 is 0. The van der Waals surface area contributed by atoms with Crippen LogP contribution < -0.4 is 0 Å². The second kappa shape index (κ2) is 5.21. The van der Waals surface area contributed by atoms with Crippen LogP contribution in [0.15, 0.2) is 0 Å². The fourth-order valence-electron chi connectivity index (χ4n) is 1.70. The van der Waals surface area contributed by atoms with E-state index in [1.54, 1.807) is 0 Å². The molecular formula is C10H18N2O. The molecule has 13 heavy (non-hydrogen) atoms. The van der Waals surface area contributed by atoms with Crippen LogP contribution in [0.5, 0.6) is 0 Å². The van der Waals surface area contributed by atoms with E-state index in [9.17, 15) is 0 Å². The Morgan fingerprint density at radius 2 is 2.38 bits per heavy atom. The van der Waals surface area contributed by atoms with Crippen molar-refractivity contribution >= 4 is 0 Å². The molecule has 1 aliphatic rings. The smallest absolute Gasteiger partial charge is 0.0976 e. The second-order valence-corrected chi connectivity index (χ2v) is 3.45. The number of rotatable bonds is 3. The molecule has 0 radical (unpaired) electrons. The van der Waals surface area contributed by atoms with Crippen LogP contribution in [0.4, 0.5) is 0 Å². The molecular weight excluding hydrogens is 164 g/mol. The van der Waals surface area contributed by atoms with Gasteiger partial charge in [0.05, 0.1) is 24.8 Å². The summed E-state index contributed by atoms with van der Waals surface area (Å²) in [6.45, 7) is 6.79. The average Bonchev–Trinajstić information content (AvgIpc) is 2.20. The van der Waals surface area contributed by atoms with E-state index in [2.05, 4.69) is 24.8 Å². The molecule has 0 saturated carbocycles. The van der Waals surface area contributed by atoms with E-state index in [-0.39, 0.29) is 6.04 Å². The summed E-state index contributed by atoms with van der Waals surface area (Å²) in [5, 5.41) is 8.90. The Labute approximate surface area is 80.3 Å². The molecule has 0 aromatic carbocycles. The molecule has 1 rings (SSSR count). The highest BCUT2D eigenvalue weighted by Crippen LogP contribution is 2.12. The zero-order valence-electron chi connectivity index (χ0n) is 8.49. The van der Waals surface area contributed by atoms with E-state index in [1.807, 2.05) is 0 Å². The first-order valence-electron chi connectivity index (χ1n) is 5.07. The molecule has 0 amide bonds. The first-order chi connectivity index (χ1) is 6.31. The minimum Gasteiger partial charge on any atom is -0.376 e. The van der Waals surface area contributed by atoms with Crippen molar-refractivity contribution in [1.82, 2.24) is 4.90 Å². The summed E-state index contributed by atoms with van der Waals surface area (Å²) in [5.41, 5.74) is 0. The van der Waals surface area contributed by atoms with Crippen LogP contribution in [-0.4, -0.2) is 36.7 Å². The predicted molar refractivity (Wildman–Crippen MR) is 51.3 cm³/mol. The second-order valence-electron chi connectivity index (χ2n) is 3.45. The summed E-state index contributed by atoms with van der Waals surface area (Å²) in [6.07, 6.45) is 2.28. The van der Waals surface area contributed by atoms with Crippen LogP contribution in [0.3, 0.4) is 0 Å². The monoisotopic (exact) mass is 182 g/mol. The molecule has 3 heteroatoms. The summed E-state index contributed by atoms with van der Waals surface area (Å²) in [4.78, 5) is 2.23. The molecule has 0 bridgehead atoms. The maximum absolute atomic E-state index is 8.90. The van der Waals surface area contributed by atoms with Gasteiger partial charge in [-0.05, 0) is 12.8 Å². The van der Waals surface area contributed by atoms with Gasteiger partial charge in [0.2, 0.25) is 0 Å². The SMILES string of the molecule is CCC1CN(C(C#N)CC)CCO1. The van der Waals surface area contributed by atoms with Gasteiger partial charge in [0, 0.05) is 13.1 Å². The number of nitrogens with zero attached hydrogens (tertiary/aromatic N) is 2. The van der Waals surface area contributed by atoms with Gasteiger partial charge < -0.3 is 4.74 Å². The number of ether oxygens (including phenoxy) is 1. The first-order valence-corrected chi connectivity index (χ1v) is 5.07. The minimum atomic E-state index is 0.0814. The molecule has 1 aliphatic heterocycles. The van der Waals surface area contributed by atoms with Gasteiger partial charge >= 0.3 is 0 Å². The quantitative estimate of drug-likeness (QED) is 0.662. The molecule has 1 fully saturated rings. The Bertz CT molecular complexity index is 188. The van der Waals surface area contributed by atoms with Crippen LogP contribution in [0, 0.1) is 11.3 Å². The third-order valence-electron chi connectivity index (χ3n) is 2.60. The number of hydrogen-bond donors (Lipinski definition) is 0. The van der Waals surface area contributed by atoms with E-state index in [4.69, 9.17) is 10.00 Å². The molecule has 3 nitrogen and oxygen atoms in total. The Balaban J connectivity index is 2.46. The van der Waals surface area contributed by atoms with Crippen molar-refractivity contribution in [2.24, 2.45) is 0 Å². The van der Waals surface area contributed by atoms with Crippen LogP contribution in [0.2, 0.25) is 0 Å². The number of nitriles is 1. The van der Waals surface area contributed by atoms with E-state index in [0.717, 1.165) is 32.5 Å². The molecule has 1 heterocycles. The summed E-state index contributed by atoms with van der Waals surface area (Å²) < 4.78 is 5.55. The van der Waals surface area contributed by atoms with Gasteiger partial charge in [-0.15, -0.1) is 0 Å². The van der Waals surface area contributed by atoms with Crippen molar-refractivity contribution in [3.8, 4) is 6.07 Å². The zero-order valence-corrected chi connectivity index (χ0v) is 8.49. The molecule has 0 N–H and O–H groups in total. The fraction of sp³-hybridized carbons (Fsp3) is 0.900. The van der Waals surface area contributed by atoms with Crippen molar-refractivity contribution in [1.29, 1.82) is 5.26 Å². The molecule has 1 saturated heterocycles. The zero-order chi connectivity index (χ0) is 9.68. The Morgan fingerprint density at radius 3 is 2.92 bits per heavy atom. The highest BCUT2D eigenvalue weighted by Gasteiger charge is 2.23. The normalized spacial score (nSPS) is 26.7. The van der Waals surface area contributed by atoms with Crippen molar-refractivity contribution in [2.75, 3.05) is 19.7 Å². The molecule has 0 aliphatic carbocycles. The van der Waals surface area contributed by atoms with Crippen LogP contribution in [0.1, 0.15) is 26.7 Å². The Hall–Kier alpha value is -0.590. The fourth-order valence-corrected chi connectivity index (χ4v) is 1.70. The number of hydrogen-bond acceptors (Lipinski definition) is 3. The first kappa shape index (κ1) is 10.5. The van der Waals surface area contributed by atoms with E-state index in [0.29, 0.717) is 6.10 Å². The lowest BCUT2D eigenvalue weighted by molar-refractivity contribution is -0.0376. The van der Waals surface area contributed by atoms with Gasteiger partial charge in [0.1, 0.15) is 0 Å². The maximum Gasteiger partial charge on any atom is 0.0976 e.